The fourth-order valence-electron chi connectivity index (χ4n) is 3.43. The number of amides is 2. The van der Waals surface area contributed by atoms with Crippen molar-refractivity contribution in [1.82, 2.24) is 4.98 Å². The molecule has 0 spiro atoms. The Labute approximate surface area is 218 Å². The van der Waals surface area contributed by atoms with E-state index in [0.29, 0.717) is 12.1 Å². The second-order valence-corrected chi connectivity index (χ2v) is 9.82. The predicted molar refractivity (Wildman–Crippen MR) is 137 cm³/mol. The van der Waals surface area contributed by atoms with Crippen LogP contribution in [0.3, 0.4) is 0 Å². The molecule has 2 heterocycles. The van der Waals surface area contributed by atoms with Crippen molar-refractivity contribution in [2.45, 2.75) is 18.2 Å². The molecule has 1 aromatic heterocycles. The van der Waals surface area contributed by atoms with Crippen molar-refractivity contribution >= 4 is 56.6 Å². The number of halogens is 1. The molecule has 10 nitrogen and oxygen atoms in total. The van der Waals surface area contributed by atoms with Gasteiger partial charge in [-0.2, -0.15) is 0 Å². The zero-order chi connectivity index (χ0) is 26.6. The monoisotopic (exact) mass is 540 g/mol. The Morgan fingerprint density at radius 1 is 1.00 bits per heavy atom. The molecule has 2 amide bonds. The zero-order valence-corrected chi connectivity index (χ0v) is 21.0. The second kappa shape index (κ2) is 10.8. The largest absolute Gasteiger partial charge is 0.462 e. The van der Waals surface area contributed by atoms with Crippen LogP contribution in [0.1, 0.15) is 23.7 Å². The summed E-state index contributed by atoms with van der Waals surface area (Å²) in [6, 6.07) is 16.3. The number of para-hydroxylation sites is 1. The number of ether oxygens (including phenoxy) is 1. The Hall–Kier alpha value is -4.22. The number of aromatic nitrogens is 1. The number of sulfonamides is 1. The van der Waals surface area contributed by atoms with Gasteiger partial charge in [0.25, 0.3) is 21.8 Å². The van der Waals surface area contributed by atoms with Gasteiger partial charge in [0.05, 0.1) is 22.8 Å². The number of hydrogen-bond acceptors (Lipinski definition) is 8. The van der Waals surface area contributed by atoms with Crippen molar-refractivity contribution in [3.63, 3.8) is 0 Å². The lowest BCUT2D eigenvalue weighted by molar-refractivity contribution is -0.120. The van der Waals surface area contributed by atoms with E-state index < -0.39 is 27.8 Å². The molecule has 4 rings (SSSR count). The highest BCUT2D eigenvalue weighted by Gasteiger charge is 2.40. The van der Waals surface area contributed by atoms with Crippen molar-refractivity contribution in [2.75, 3.05) is 21.5 Å². The summed E-state index contributed by atoms with van der Waals surface area (Å²) in [7, 11) is -3.90. The van der Waals surface area contributed by atoms with Crippen LogP contribution >= 0.6 is 11.6 Å². The third kappa shape index (κ3) is 5.47. The van der Waals surface area contributed by atoms with E-state index in [0.717, 1.165) is 4.90 Å². The summed E-state index contributed by atoms with van der Waals surface area (Å²) in [5, 5.41) is 2.39. The summed E-state index contributed by atoms with van der Waals surface area (Å²) < 4.78 is 32.8. The van der Waals surface area contributed by atoms with Gasteiger partial charge in [-0.25, -0.2) is 23.1 Å². The molecule has 2 N–H and O–H groups in total. The topological polar surface area (TPSA) is 135 Å². The number of carbonyl (C=O) groups is 3. The van der Waals surface area contributed by atoms with Gasteiger partial charge in [0.2, 0.25) is 0 Å². The summed E-state index contributed by atoms with van der Waals surface area (Å²) in [4.78, 5) is 43.3. The number of benzene rings is 2. The Morgan fingerprint density at radius 3 is 2.38 bits per heavy atom. The molecule has 190 valence electrons. The lowest BCUT2D eigenvalue weighted by Gasteiger charge is -2.18. The van der Waals surface area contributed by atoms with E-state index in [2.05, 4.69) is 15.0 Å². The lowest BCUT2D eigenvalue weighted by atomic mass is 10.1. The summed E-state index contributed by atoms with van der Waals surface area (Å²) in [5.41, 5.74) is 0.170. The molecule has 0 saturated carbocycles. The van der Waals surface area contributed by atoms with Gasteiger partial charge in [0.15, 0.2) is 0 Å². The van der Waals surface area contributed by atoms with E-state index in [1.807, 2.05) is 6.92 Å². The highest BCUT2D eigenvalue weighted by molar-refractivity contribution is 7.92. The number of esters is 1. The molecule has 0 saturated heterocycles. The highest BCUT2D eigenvalue weighted by atomic mass is 35.5. The van der Waals surface area contributed by atoms with Crippen molar-refractivity contribution in [3.05, 3.63) is 89.2 Å². The molecule has 0 aliphatic carbocycles. The third-order valence-electron chi connectivity index (χ3n) is 5.17. The number of anilines is 3. The van der Waals surface area contributed by atoms with E-state index in [1.165, 1.54) is 48.7 Å². The Morgan fingerprint density at radius 2 is 1.70 bits per heavy atom. The smallest absolute Gasteiger partial charge is 0.340 e. The van der Waals surface area contributed by atoms with Gasteiger partial charge in [-0.3, -0.25) is 14.3 Å². The van der Waals surface area contributed by atoms with Crippen LogP contribution in [-0.4, -0.2) is 37.8 Å². The Balaban J connectivity index is 1.54. The first-order valence-electron chi connectivity index (χ1n) is 11.1. The van der Waals surface area contributed by atoms with Gasteiger partial charge in [-0.05, 0) is 55.0 Å². The molecule has 3 aromatic rings. The number of nitrogens with zero attached hydrogens (tertiary/aromatic N) is 2. The molecule has 1 aliphatic rings. The first kappa shape index (κ1) is 25.9. The third-order valence-corrected chi connectivity index (χ3v) is 6.89. The number of rotatable bonds is 9. The van der Waals surface area contributed by atoms with E-state index in [9.17, 15) is 22.8 Å². The molecule has 0 unspecified atom stereocenters. The average molecular weight is 541 g/mol. The summed E-state index contributed by atoms with van der Waals surface area (Å²) in [6.45, 7) is 2.03. The first-order valence-corrected chi connectivity index (χ1v) is 12.9. The predicted octanol–water partition coefficient (Wildman–Crippen LogP) is 3.88. The average Bonchev–Trinajstić information content (AvgIpc) is 3.10. The van der Waals surface area contributed by atoms with Crippen LogP contribution in [0, 0.1) is 0 Å². The SMILES string of the molecule is CCCOC(=O)c1ccccc1N1C(=O)C(Cl)=C(Nc2ccc(S(=O)(=O)Nc3ccccn3)cc2)C1=O. The fraction of sp³-hybridized carbons (Fsp3) is 0.120. The molecule has 0 fully saturated rings. The maximum atomic E-state index is 13.2. The molecule has 0 radical (unpaired) electrons. The number of hydrogen-bond donors (Lipinski definition) is 2. The van der Waals surface area contributed by atoms with Gasteiger partial charge >= 0.3 is 5.97 Å². The molecular weight excluding hydrogens is 520 g/mol. The zero-order valence-electron chi connectivity index (χ0n) is 19.5. The van der Waals surface area contributed by atoms with Crippen LogP contribution in [0.4, 0.5) is 17.2 Å². The van der Waals surface area contributed by atoms with Crippen LogP contribution in [0.15, 0.2) is 88.6 Å². The second-order valence-electron chi connectivity index (χ2n) is 7.76. The minimum atomic E-state index is -3.90. The van der Waals surface area contributed by atoms with Crippen LogP contribution in [0.25, 0.3) is 0 Å². The normalized spacial score (nSPS) is 13.6. The van der Waals surface area contributed by atoms with Crippen LogP contribution in [0.2, 0.25) is 0 Å². The van der Waals surface area contributed by atoms with E-state index in [1.54, 1.807) is 24.3 Å². The molecule has 37 heavy (non-hydrogen) atoms. The first-order chi connectivity index (χ1) is 17.7. The standard InChI is InChI=1S/C25H21ClN4O6S/c1-2-15-36-25(33)18-7-3-4-8-19(18)30-23(31)21(26)22(24(30)32)28-16-10-12-17(13-11-16)37(34,35)29-20-9-5-6-14-27-20/h3-14,28H,2,15H2,1H3,(H,27,29). The number of nitrogens with one attached hydrogen (secondary N) is 2. The lowest BCUT2D eigenvalue weighted by Crippen LogP contribution is -2.33. The van der Waals surface area contributed by atoms with Crippen molar-refractivity contribution in [3.8, 4) is 0 Å². The van der Waals surface area contributed by atoms with Crippen LogP contribution in [-0.2, 0) is 24.3 Å². The van der Waals surface area contributed by atoms with Gasteiger partial charge in [0, 0.05) is 11.9 Å². The Kier molecular flexibility index (Phi) is 7.55. The number of carbonyl (C=O) groups excluding carboxylic acids is 3. The fourth-order valence-corrected chi connectivity index (χ4v) is 4.65. The summed E-state index contributed by atoms with van der Waals surface area (Å²) >= 11 is 6.20. The van der Waals surface area contributed by atoms with Gasteiger partial charge in [0.1, 0.15) is 16.5 Å². The molecular formula is C25H21ClN4O6S. The van der Waals surface area contributed by atoms with Crippen molar-refractivity contribution in [1.29, 1.82) is 0 Å². The molecule has 0 bridgehead atoms. The summed E-state index contributed by atoms with van der Waals surface area (Å²) in [5.74, 6) is -2.11. The number of imide groups is 1. The maximum absolute atomic E-state index is 13.2. The van der Waals surface area contributed by atoms with Crippen LogP contribution in [0.5, 0.6) is 0 Å². The van der Waals surface area contributed by atoms with Gasteiger partial charge in [-0.1, -0.05) is 36.7 Å². The summed E-state index contributed by atoms with van der Waals surface area (Å²) in [6.07, 6.45) is 2.06. The van der Waals surface area contributed by atoms with Crippen LogP contribution < -0.4 is 14.9 Å². The minimum absolute atomic E-state index is 0.0376. The van der Waals surface area contributed by atoms with E-state index in [4.69, 9.17) is 16.3 Å². The maximum Gasteiger partial charge on any atom is 0.340 e. The van der Waals surface area contributed by atoms with E-state index in [-0.39, 0.29) is 39.3 Å². The van der Waals surface area contributed by atoms with E-state index >= 15 is 0 Å². The number of pyridine rings is 1. The highest BCUT2D eigenvalue weighted by Crippen LogP contribution is 2.32. The minimum Gasteiger partial charge on any atom is -0.462 e. The Bertz CT molecular complexity index is 1490. The van der Waals surface area contributed by atoms with Crippen molar-refractivity contribution in [2.24, 2.45) is 0 Å². The quantitative estimate of drug-likeness (QED) is 0.308. The van der Waals surface area contributed by atoms with Crippen molar-refractivity contribution < 1.29 is 27.5 Å². The molecule has 0 atom stereocenters. The van der Waals surface area contributed by atoms with Gasteiger partial charge in [-0.15, -0.1) is 0 Å². The van der Waals surface area contributed by atoms with Gasteiger partial charge < -0.3 is 10.1 Å². The molecule has 1 aliphatic heterocycles. The molecule has 12 heteroatoms. The molecule has 2 aromatic carbocycles.